The Morgan fingerprint density at radius 1 is 0.488 bits per heavy atom. The van der Waals surface area contributed by atoms with Crippen LogP contribution in [0, 0.1) is 11.8 Å². The summed E-state index contributed by atoms with van der Waals surface area (Å²) in [5.74, 6) is 2.47. The van der Waals surface area contributed by atoms with Gasteiger partial charge in [0, 0.05) is 19.6 Å². The summed E-state index contributed by atoms with van der Waals surface area (Å²) in [6.45, 7) is 0. The molecule has 0 N–H and O–H groups in total. The van der Waals surface area contributed by atoms with Gasteiger partial charge in [-0.05, 0) is 89.4 Å². The lowest BCUT2D eigenvalue weighted by Gasteiger charge is -2.61. The summed E-state index contributed by atoms with van der Waals surface area (Å²) in [5, 5.41) is 0. The van der Waals surface area contributed by atoms with Crippen molar-refractivity contribution >= 4 is 18.1 Å². The summed E-state index contributed by atoms with van der Waals surface area (Å²) in [6.07, 6.45) is 10.1. The smallest absolute Gasteiger partial charge is 0.00649 e. The predicted octanol–water partition coefficient (Wildman–Crippen LogP) is 11.1. The zero-order chi connectivity index (χ0) is 27.5. The van der Waals surface area contributed by atoms with Crippen LogP contribution in [0.1, 0.15) is 12.0 Å². The third kappa shape index (κ3) is 4.60. The summed E-state index contributed by atoms with van der Waals surface area (Å²) < 4.78 is 0. The Hall–Kier alpha value is -3.72. The van der Waals surface area contributed by atoms with Crippen molar-refractivity contribution < 1.29 is 0 Å². The molecular formula is C39H36S2. The van der Waals surface area contributed by atoms with Crippen LogP contribution in [0.3, 0.4) is 0 Å². The van der Waals surface area contributed by atoms with Crippen molar-refractivity contribution in [1.82, 2.24) is 0 Å². The highest BCUT2D eigenvalue weighted by molar-refractivity contribution is 9.09. The molecule has 204 valence electrons. The molecule has 1 saturated carbocycles. The van der Waals surface area contributed by atoms with Crippen LogP contribution in [0.2, 0.25) is 0 Å². The first-order chi connectivity index (χ1) is 20.3. The van der Waals surface area contributed by atoms with E-state index in [2.05, 4.69) is 170 Å². The van der Waals surface area contributed by atoms with E-state index in [-0.39, 0.29) is 0 Å². The van der Waals surface area contributed by atoms with Crippen LogP contribution in [0.4, 0.5) is 0 Å². The summed E-state index contributed by atoms with van der Waals surface area (Å²) in [7, 11) is -3.48. The third-order valence-corrected chi connectivity index (χ3v) is 20.9. The Labute approximate surface area is 247 Å². The minimum absolute atomic E-state index is 0.668. The molecule has 0 aliphatic heterocycles. The average Bonchev–Trinajstić information content (AvgIpc) is 3.85. The second-order valence-electron chi connectivity index (χ2n) is 10.9. The van der Waals surface area contributed by atoms with Gasteiger partial charge in [-0.25, -0.2) is 0 Å². The van der Waals surface area contributed by atoms with Gasteiger partial charge in [0.2, 0.25) is 0 Å². The first-order valence-corrected chi connectivity index (χ1v) is 18.6. The van der Waals surface area contributed by atoms with E-state index in [0.717, 1.165) is 18.1 Å². The van der Waals surface area contributed by atoms with E-state index in [1.807, 2.05) is 0 Å². The van der Waals surface area contributed by atoms with Gasteiger partial charge in [0.05, 0.1) is 0 Å². The van der Waals surface area contributed by atoms with Crippen molar-refractivity contribution in [1.29, 1.82) is 0 Å². The number of hydrogen-bond donors (Lipinski definition) is 0. The molecule has 2 aliphatic rings. The SMILES string of the molecule is C1=CC2CC2C=C1S(CCc1ccccc1)(c1ccccc1)S(c1ccccc1)(c1ccccc1)c1ccccc1. The summed E-state index contributed by atoms with van der Waals surface area (Å²) in [5.41, 5.74) is 1.41. The number of benzene rings is 5. The standard InChI is InChI=1S/C39H36S2/c1-6-16-32(17-7-1)28-29-40(35-18-8-2-9-19-35,39-27-26-33-30-34(33)31-39)41(36-20-10-3-11-21-36,37-22-12-4-13-23-37)38-24-14-5-15-25-38/h1-27,31,33-34H,28-30H2. The molecule has 0 aromatic heterocycles. The molecular weight excluding hydrogens is 533 g/mol. The fourth-order valence-corrected chi connectivity index (χ4v) is 20.6. The van der Waals surface area contributed by atoms with Gasteiger partial charge in [0.1, 0.15) is 0 Å². The third-order valence-electron chi connectivity index (χ3n) is 8.46. The van der Waals surface area contributed by atoms with Crippen molar-refractivity contribution in [2.45, 2.75) is 32.4 Å². The first-order valence-electron chi connectivity index (χ1n) is 14.6. The maximum Gasteiger partial charge on any atom is 0.00649 e. The van der Waals surface area contributed by atoms with E-state index in [9.17, 15) is 0 Å². The molecule has 3 unspecified atom stereocenters. The maximum absolute atomic E-state index is 2.69. The van der Waals surface area contributed by atoms with E-state index in [4.69, 9.17) is 0 Å². The Morgan fingerprint density at radius 3 is 1.39 bits per heavy atom. The van der Waals surface area contributed by atoms with Gasteiger partial charge in [0.15, 0.2) is 0 Å². The molecule has 41 heavy (non-hydrogen) atoms. The Morgan fingerprint density at radius 2 is 0.927 bits per heavy atom. The maximum atomic E-state index is 2.69. The fourth-order valence-electron chi connectivity index (χ4n) is 6.42. The van der Waals surface area contributed by atoms with Crippen molar-refractivity contribution in [3.05, 3.63) is 180 Å². The molecule has 0 spiro atoms. The van der Waals surface area contributed by atoms with E-state index in [1.165, 1.54) is 31.6 Å². The van der Waals surface area contributed by atoms with E-state index < -0.39 is 18.1 Å². The molecule has 5 aromatic rings. The van der Waals surface area contributed by atoms with E-state index in [0.29, 0.717) is 5.92 Å². The highest BCUT2D eigenvalue weighted by Crippen LogP contribution is 2.97. The molecule has 0 heterocycles. The lowest BCUT2D eigenvalue weighted by molar-refractivity contribution is 0.976. The molecule has 7 rings (SSSR count). The van der Waals surface area contributed by atoms with Gasteiger partial charge < -0.3 is 0 Å². The normalized spacial score (nSPS) is 20.2. The molecule has 2 heteroatoms. The minimum Gasteiger partial charge on any atom is -0.143 e. The van der Waals surface area contributed by atoms with E-state index in [1.54, 1.807) is 4.91 Å². The van der Waals surface area contributed by atoms with Crippen molar-refractivity contribution in [3.8, 4) is 0 Å². The highest BCUT2D eigenvalue weighted by atomic mass is 33.2. The highest BCUT2D eigenvalue weighted by Gasteiger charge is 2.51. The lowest BCUT2D eigenvalue weighted by Crippen LogP contribution is -2.20. The molecule has 0 radical (unpaired) electrons. The molecule has 0 bridgehead atoms. The first kappa shape index (κ1) is 26.2. The van der Waals surface area contributed by atoms with Crippen molar-refractivity contribution in [2.24, 2.45) is 11.8 Å². The van der Waals surface area contributed by atoms with Crippen LogP contribution in [0.15, 0.2) is 194 Å². The van der Waals surface area contributed by atoms with Crippen molar-refractivity contribution in [2.75, 3.05) is 5.75 Å². The predicted molar refractivity (Wildman–Crippen MR) is 178 cm³/mol. The Balaban J connectivity index is 1.63. The number of rotatable bonds is 9. The Bertz CT molecular complexity index is 1550. The van der Waals surface area contributed by atoms with E-state index >= 15 is 0 Å². The molecule has 0 saturated heterocycles. The van der Waals surface area contributed by atoms with Gasteiger partial charge in [-0.2, -0.15) is 0 Å². The summed E-state index contributed by atoms with van der Waals surface area (Å²) in [6, 6.07) is 57.2. The van der Waals surface area contributed by atoms with Gasteiger partial charge in [-0.15, -0.1) is 18.1 Å². The topological polar surface area (TPSA) is 0 Å². The number of allylic oxidation sites excluding steroid dienone is 3. The second kappa shape index (κ2) is 11.3. The number of fused-ring (bicyclic) bond motifs is 1. The number of aryl methyl sites for hydroxylation is 1. The zero-order valence-corrected chi connectivity index (χ0v) is 24.9. The quantitative estimate of drug-likeness (QED) is 0.155. The minimum atomic E-state index is -1.80. The Kier molecular flexibility index (Phi) is 7.21. The summed E-state index contributed by atoms with van der Waals surface area (Å²) >= 11 is 0. The molecule has 0 amide bonds. The van der Waals surface area contributed by atoms with Crippen LogP contribution in [0.5, 0.6) is 0 Å². The monoisotopic (exact) mass is 568 g/mol. The van der Waals surface area contributed by atoms with Crippen molar-refractivity contribution in [3.63, 3.8) is 0 Å². The molecule has 0 nitrogen and oxygen atoms in total. The largest absolute Gasteiger partial charge is 0.143 e. The molecule has 1 fully saturated rings. The zero-order valence-electron chi connectivity index (χ0n) is 23.3. The van der Waals surface area contributed by atoms with Crippen LogP contribution in [-0.4, -0.2) is 5.75 Å². The van der Waals surface area contributed by atoms with Crippen LogP contribution in [-0.2, 0) is 6.42 Å². The van der Waals surface area contributed by atoms with Crippen LogP contribution in [0.25, 0.3) is 0 Å². The van der Waals surface area contributed by atoms with Gasteiger partial charge in [-0.1, -0.05) is 121 Å². The molecule has 5 aromatic carbocycles. The molecule has 2 aliphatic carbocycles. The van der Waals surface area contributed by atoms with Gasteiger partial charge in [0.25, 0.3) is 0 Å². The average molecular weight is 569 g/mol. The fraction of sp³-hybridized carbons (Fsp3) is 0.128. The molecule has 3 atom stereocenters. The van der Waals surface area contributed by atoms with Gasteiger partial charge >= 0.3 is 0 Å². The second-order valence-corrected chi connectivity index (χ2v) is 19.4. The number of hydrogen-bond acceptors (Lipinski definition) is 0. The van der Waals surface area contributed by atoms with Crippen LogP contribution < -0.4 is 0 Å². The lowest BCUT2D eigenvalue weighted by atomic mass is 10.2. The van der Waals surface area contributed by atoms with Crippen LogP contribution >= 0.6 is 18.1 Å². The van der Waals surface area contributed by atoms with Gasteiger partial charge in [-0.3, -0.25) is 0 Å². The summed E-state index contributed by atoms with van der Waals surface area (Å²) in [4.78, 5) is 7.37.